The number of amides is 2. The summed E-state index contributed by atoms with van der Waals surface area (Å²) in [5, 5.41) is 0.262. The minimum absolute atomic E-state index is 0.0685. The number of halogens is 2. The Hall–Kier alpha value is -3.22. The van der Waals surface area contributed by atoms with E-state index >= 15 is 0 Å². The van der Waals surface area contributed by atoms with Crippen LogP contribution in [0.2, 0.25) is 0 Å². The lowest BCUT2D eigenvalue weighted by Gasteiger charge is -2.06. The molecule has 7 heteroatoms. The third kappa shape index (κ3) is 2.89. The zero-order chi connectivity index (χ0) is 16.4. The summed E-state index contributed by atoms with van der Waals surface area (Å²) in [6.07, 6.45) is 0. The van der Waals surface area contributed by atoms with Gasteiger partial charge in [0.1, 0.15) is 17.3 Å². The molecule has 0 aliphatic carbocycles. The van der Waals surface area contributed by atoms with E-state index < -0.39 is 23.4 Å². The Bertz CT molecular complexity index is 905. The van der Waals surface area contributed by atoms with Crippen molar-refractivity contribution in [3.63, 3.8) is 0 Å². The van der Waals surface area contributed by atoms with Gasteiger partial charge < -0.3 is 4.98 Å². The lowest BCUT2D eigenvalue weighted by Crippen LogP contribution is -2.42. The zero-order valence-electron chi connectivity index (χ0n) is 11.7. The fourth-order valence-electron chi connectivity index (χ4n) is 2.13. The van der Waals surface area contributed by atoms with E-state index in [-0.39, 0.29) is 16.6 Å². The number of rotatable bonds is 2. The van der Waals surface area contributed by atoms with E-state index in [0.29, 0.717) is 5.52 Å². The summed E-state index contributed by atoms with van der Waals surface area (Å²) in [5.41, 5.74) is 4.57. The number of nitrogens with one attached hydrogen (secondary N) is 3. The second-order valence-electron chi connectivity index (χ2n) is 4.77. The number of carbonyl (C=O) groups is 2. The molecule has 2 aromatic carbocycles. The fourth-order valence-corrected chi connectivity index (χ4v) is 2.13. The van der Waals surface area contributed by atoms with Crippen molar-refractivity contribution in [1.82, 2.24) is 15.8 Å². The third-order valence-corrected chi connectivity index (χ3v) is 3.26. The highest BCUT2D eigenvalue weighted by Crippen LogP contribution is 2.18. The van der Waals surface area contributed by atoms with Gasteiger partial charge in [-0.2, -0.15) is 0 Å². The topological polar surface area (TPSA) is 74.0 Å². The van der Waals surface area contributed by atoms with Crippen molar-refractivity contribution in [2.24, 2.45) is 0 Å². The molecule has 0 unspecified atom stereocenters. The van der Waals surface area contributed by atoms with Gasteiger partial charge in [-0.3, -0.25) is 20.4 Å². The van der Waals surface area contributed by atoms with Crippen molar-refractivity contribution >= 4 is 22.7 Å². The molecule has 0 bridgehead atoms. The monoisotopic (exact) mass is 315 g/mol. The predicted molar refractivity (Wildman–Crippen MR) is 79.6 cm³/mol. The van der Waals surface area contributed by atoms with Crippen molar-refractivity contribution in [1.29, 1.82) is 0 Å². The van der Waals surface area contributed by atoms with Crippen LogP contribution >= 0.6 is 0 Å². The van der Waals surface area contributed by atoms with Gasteiger partial charge in [0.05, 0.1) is 5.56 Å². The van der Waals surface area contributed by atoms with E-state index in [1.165, 1.54) is 36.4 Å². The highest BCUT2D eigenvalue weighted by molar-refractivity contribution is 6.00. The molecule has 0 atom stereocenters. The van der Waals surface area contributed by atoms with Crippen LogP contribution in [-0.4, -0.2) is 16.8 Å². The quantitative estimate of drug-likeness (QED) is 0.636. The number of H-pyrrole nitrogens is 1. The SMILES string of the molecule is O=C(NNC(=O)c1ccccc1F)c1cc2c(F)cccc2[nH]1. The van der Waals surface area contributed by atoms with Crippen molar-refractivity contribution in [3.05, 3.63) is 71.4 Å². The van der Waals surface area contributed by atoms with E-state index in [0.717, 1.165) is 6.07 Å². The number of carbonyl (C=O) groups excluding carboxylic acids is 2. The number of benzene rings is 2. The van der Waals surface area contributed by atoms with E-state index in [1.54, 1.807) is 6.07 Å². The second kappa shape index (κ2) is 5.88. The van der Waals surface area contributed by atoms with E-state index in [2.05, 4.69) is 15.8 Å². The van der Waals surface area contributed by atoms with Crippen molar-refractivity contribution in [2.75, 3.05) is 0 Å². The molecule has 116 valence electrons. The van der Waals surface area contributed by atoms with Crippen LogP contribution < -0.4 is 10.9 Å². The first-order valence-electron chi connectivity index (χ1n) is 6.68. The third-order valence-electron chi connectivity index (χ3n) is 3.26. The molecule has 0 saturated carbocycles. The van der Waals surface area contributed by atoms with Crippen LogP contribution in [0.25, 0.3) is 10.9 Å². The Kier molecular flexibility index (Phi) is 3.76. The number of hydrazine groups is 1. The average Bonchev–Trinajstić information content (AvgIpc) is 2.98. The predicted octanol–water partition coefficient (Wildman–Crippen LogP) is 2.52. The molecule has 1 heterocycles. The van der Waals surface area contributed by atoms with E-state index in [1.807, 2.05) is 0 Å². The molecule has 0 aliphatic heterocycles. The highest BCUT2D eigenvalue weighted by atomic mass is 19.1. The van der Waals surface area contributed by atoms with E-state index in [9.17, 15) is 18.4 Å². The number of aromatic amines is 1. The van der Waals surface area contributed by atoms with E-state index in [4.69, 9.17) is 0 Å². The number of hydrogen-bond donors (Lipinski definition) is 3. The maximum atomic E-state index is 13.6. The molecule has 3 N–H and O–H groups in total. The van der Waals surface area contributed by atoms with Crippen LogP contribution in [0.15, 0.2) is 48.5 Å². The molecule has 0 saturated heterocycles. The molecule has 5 nitrogen and oxygen atoms in total. The van der Waals surface area contributed by atoms with Gasteiger partial charge in [-0.25, -0.2) is 8.78 Å². The van der Waals surface area contributed by atoms with Gasteiger partial charge in [0, 0.05) is 10.9 Å². The summed E-state index contributed by atoms with van der Waals surface area (Å²) in [6, 6.07) is 11.1. The normalized spacial score (nSPS) is 10.5. The van der Waals surface area contributed by atoms with Gasteiger partial charge >= 0.3 is 0 Å². The summed E-state index contributed by atoms with van der Waals surface area (Å²) in [5.74, 6) is -2.64. The molecule has 1 aromatic heterocycles. The molecule has 0 fully saturated rings. The summed E-state index contributed by atoms with van der Waals surface area (Å²) in [6.45, 7) is 0. The smallest absolute Gasteiger partial charge is 0.286 e. The van der Waals surface area contributed by atoms with Crippen LogP contribution in [-0.2, 0) is 0 Å². The number of fused-ring (bicyclic) bond motifs is 1. The summed E-state index contributed by atoms with van der Waals surface area (Å²) in [4.78, 5) is 26.5. The fraction of sp³-hybridized carbons (Fsp3) is 0. The van der Waals surface area contributed by atoms with Gasteiger partial charge in [-0.05, 0) is 30.3 Å². The maximum absolute atomic E-state index is 13.6. The van der Waals surface area contributed by atoms with Gasteiger partial charge in [0.15, 0.2) is 0 Å². The Balaban J connectivity index is 1.73. The van der Waals surface area contributed by atoms with Crippen molar-refractivity contribution < 1.29 is 18.4 Å². The first kappa shape index (κ1) is 14.7. The number of hydrogen-bond acceptors (Lipinski definition) is 2. The second-order valence-corrected chi connectivity index (χ2v) is 4.77. The molecule has 3 rings (SSSR count). The van der Waals surface area contributed by atoms with Crippen LogP contribution in [0.4, 0.5) is 8.78 Å². The lowest BCUT2D eigenvalue weighted by molar-refractivity contribution is 0.0842. The molecule has 2 amide bonds. The summed E-state index contributed by atoms with van der Waals surface area (Å²) >= 11 is 0. The van der Waals surface area contributed by atoms with Crippen LogP contribution in [0, 0.1) is 11.6 Å². The Morgan fingerprint density at radius 1 is 0.870 bits per heavy atom. The minimum atomic E-state index is -0.793. The average molecular weight is 315 g/mol. The molecule has 23 heavy (non-hydrogen) atoms. The molecular weight excluding hydrogens is 304 g/mol. The van der Waals surface area contributed by atoms with Gasteiger partial charge in [0.25, 0.3) is 11.8 Å². The van der Waals surface area contributed by atoms with Crippen LogP contribution in [0.5, 0.6) is 0 Å². The zero-order valence-corrected chi connectivity index (χ0v) is 11.7. The number of aromatic nitrogens is 1. The van der Waals surface area contributed by atoms with Crippen LogP contribution in [0.3, 0.4) is 0 Å². The minimum Gasteiger partial charge on any atom is -0.350 e. The first-order valence-corrected chi connectivity index (χ1v) is 6.68. The van der Waals surface area contributed by atoms with Gasteiger partial charge in [-0.1, -0.05) is 18.2 Å². The highest BCUT2D eigenvalue weighted by Gasteiger charge is 2.14. The summed E-state index contributed by atoms with van der Waals surface area (Å²) < 4.78 is 27.0. The van der Waals surface area contributed by atoms with Gasteiger partial charge in [0.2, 0.25) is 0 Å². The molecule has 3 aromatic rings. The summed E-state index contributed by atoms with van der Waals surface area (Å²) in [7, 11) is 0. The largest absolute Gasteiger partial charge is 0.350 e. The molecule has 0 spiro atoms. The lowest BCUT2D eigenvalue weighted by atomic mass is 10.2. The molecule has 0 radical (unpaired) electrons. The Morgan fingerprint density at radius 2 is 1.57 bits per heavy atom. The molecular formula is C16H11F2N3O2. The van der Waals surface area contributed by atoms with Crippen LogP contribution in [0.1, 0.15) is 20.8 Å². The van der Waals surface area contributed by atoms with Gasteiger partial charge in [-0.15, -0.1) is 0 Å². The maximum Gasteiger partial charge on any atom is 0.286 e. The first-order chi connectivity index (χ1) is 11.1. The van der Waals surface area contributed by atoms with Crippen molar-refractivity contribution in [3.8, 4) is 0 Å². The standard InChI is InChI=1S/C16H11F2N3O2/c17-11-5-2-1-4-9(11)15(22)20-21-16(23)14-8-10-12(18)6-3-7-13(10)19-14/h1-8,19H,(H,20,22)(H,21,23). The molecule has 0 aliphatic rings. The Labute approximate surface area is 129 Å². The van der Waals surface area contributed by atoms with Crippen molar-refractivity contribution in [2.45, 2.75) is 0 Å². The Morgan fingerprint density at radius 3 is 2.30 bits per heavy atom.